The maximum Gasteiger partial charge on any atom is 0.255 e. The summed E-state index contributed by atoms with van der Waals surface area (Å²) in [7, 11) is 0. The van der Waals surface area contributed by atoms with Gasteiger partial charge in [0.15, 0.2) is 0 Å². The van der Waals surface area contributed by atoms with Crippen LogP contribution in [0.3, 0.4) is 0 Å². The quantitative estimate of drug-likeness (QED) is 0.112. The molecule has 12 heteroatoms. The Labute approximate surface area is 332 Å². The first-order valence-corrected chi connectivity index (χ1v) is 20.0. The van der Waals surface area contributed by atoms with E-state index >= 15 is 0 Å². The van der Waals surface area contributed by atoms with Crippen LogP contribution in [0.1, 0.15) is 47.3 Å². The molecule has 2 amide bonds. The summed E-state index contributed by atoms with van der Waals surface area (Å²) in [6.07, 6.45) is 11.6. The lowest BCUT2D eigenvalue weighted by molar-refractivity contribution is -0.126. The standard InChI is InChI=1S/C45H47N9O3/c1-30-8-14-42(44(55)50-30)54-29-38-36(45(54)56)6-2-7-39(38)47-17-4-24-57-34-12-15-43(49-27-34)53-22-20-52(21-23-53)19-3-5-33-11-9-32(26-48-33)31-10-13-35-37-28-46-18-16-40(37)51-41(35)25-31/h2,6-7,9-13,15-16,18,25-28,42,47,51H,1,3-5,8,14,17,19-24,29H2,(H,50,55). The van der Waals surface area contributed by atoms with Gasteiger partial charge in [-0.05, 0) is 86.7 Å². The molecule has 3 N–H and O–H groups in total. The highest BCUT2D eigenvalue weighted by Gasteiger charge is 2.39. The lowest BCUT2D eigenvalue weighted by atomic mass is 10.0. The minimum absolute atomic E-state index is 0.0932. The molecule has 0 saturated carbocycles. The van der Waals surface area contributed by atoms with Crippen LogP contribution in [-0.4, -0.2) is 93.5 Å². The number of piperazine rings is 1. The highest BCUT2D eigenvalue weighted by Crippen LogP contribution is 2.33. The van der Waals surface area contributed by atoms with Crippen molar-refractivity contribution in [3.63, 3.8) is 0 Å². The maximum atomic E-state index is 13.2. The molecule has 1 atom stereocenters. The van der Waals surface area contributed by atoms with E-state index in [-0.39, 0.29) is 11.8 Å². The summed E-state index contributed by atoms with van der Waals surface area (Å²) in [6.45, 7) is 10.5. The van der Waals surface area contributed by atoms with Gasteiger partial charge in [-0.2, -0.15) is 0 Å². The van der Waals surface area contributed by atoms with Crippen molar-refractivity contribution in [1.82, 2.24) is 35.1 Å². The van der Waals surface area contributed by atoms with Crippen molar-refractivity contribution in [3.05, 3.63) is 121 Å². The van der Waals surface area contributed by atoms with Crippen LogP contribution in [-0.2, 0) is 17.8 Å². The van der Waals surface area contributed by atoms with E-state index in [0.29, 0.717) is 43.8 Å². The number of H-pyrrole nitrogens is 1. The van der Waals surface area contributed by atoms with E-state index in [2.05, 4.69) is 67.3 Å². The van der Waals surface area contributed by atoms with Crippen LogP contribution >= 0.6 is 0 Å². The molecule has 0 bridgehead atoms. The second kappa shape index (κ2) is 16.1. The Balaban J connectivity index is 0.679. The number of carbonyl (C=O) groups excluding carboxylic acids is 2. The fraction of sp³-hybridized carbons (Fsp3) is 0.311. The molecule has 0 spiro atoms. The molecule has 0 radical (unpaired) electrons. The highest BCUT2D eigenvalue weighted by atomic mass is 16.5. The number of hydrogen-bond donors (Lipinski definition) is 3. The Hall–Kier alpha value is -6.27. The van der Waals surface area contributed by atoms with Gasteiger partial charge < -0.3 is 30.2 Å². The van der Waals surface area contributed by atoms with Gasteiger partial charge in [0.05, 0.1) is 12.8 Å². The van der Waals surface area contributed by atoms with E-state index in [4.69, 9.17) is 14.7 Å². The second-order valence-electron chi connectivity index (χ2n) is 15.2. The van der Waals surface area contributed by atoms with Crippen LogP contribution in [0, 0.1) is 0 Å². The number of rotatable bonds is 13. The molecule has 1 unspecified atom stereocenters. The van der Waals surface area contributed by atoms with Gasteiger partial charge in [-0.1, -0.05) is 30.8 Å². The number of amides is 2. The third kappa shape index (κ3) is 7.77. The molecule has 290 valence electrons. The van der Waals surface area contributed by atoms with Crippen LogP contribution in [0.2, 0.25) is 0 Å². The van der Waals surface area contributed by atoms with E-state index in [0.717, 1.165) is 108 Å². The van der Waals surface area contributed by atoms with Crippen LogP contribution in [0.5, 0.6) is 5.75 Å². The molecule has 0 aliphatic carbocycles. The zero-order valence-electron chi connectivity index (χ0n) is 32.0. The summed E-state index contributed by atoms with van der Waals surface area (Å²) in [5.41, 5.74) is 8.85. The first-order valence-electron chi connectivity index (χ1n) is 20.0. The fourth-order valence-electron chi connectivity index (χ4n) is 8.31. The second-order valence-corrected chi connectivity index (χ2v) is 15.2. The number of aromatic nitrogens is 4. The predicted octanol–water partition coefficient (Wildman–Crippen LogP) is 6.56. The molecule has 6 aromatic rings. The average molecular weight is 762 g/mol. The highest BCUT2D eigenvalue weighted by molar-refractivity contribution is 6.07. The summed E-state index contributed by atoms with van der Waals surface area (Å²) in [4.78, 5) is 49.6. The van der Waals surface area contributed by atoms with Gasteiger partial charge in [-0.25, -0.2) is 4.98 Å². The van der Waals surface area contributed by atoms with E-state index in [1.165, 1.54) is 5.39 Å². The summed E-state index contributed by atoms with van der Waals surface area (Å²) >= 11 is 0. The van der Waals surface area contributed by atoms with Gasteiger partial charge >= 0.3 is 0 Å². The van der Waals surface area contributed by atoms with Crippen LogP contribution in [0.25, 0.3) is 32.9 Å². The van der Waals surface area contributed by atoms with Crippen molar-refractivity contribution in [2.75, 3.05) is 56.1 Å². The monoisotopic (exact) mass is 761 g/mol. The minimum atomic E-state index is -0.468. The van der Waals surface area contributed by atoms with Crippen LogP contribution in [0.4, 0.5) is 11.5 Å². The zero-order chi connectivity index (χ0) is 38.7. The molecule has 57 heavy (non-hydrogen) atoms. The number of nitrogens with one attached hydrogen (secondary N) is 3. The summed E-state index contributed by atoms with van der Waals surface area (Å²) in [5.74, 6) is 1.48. The van der Waals surface area contributed by atoms with E-state index in [1.807, 2.05) is 61.2 Å². The number of fused-ring (bicyclic) bond motifs is 4. The van der Waals surface area contributed by atoms with E-state index in [9.17, 15) is 9.59 Å². The summed E-state index contributed by atoms with van der Waals surface area (Å²) in [5, 5.41) is 8.61. The van der Waals surface area contributed by atoms with Gasteiger partial charge in [-0.15, -0.1) is 0 Å². The number of hydrogen-bond acceptors (Lipinski definition) is 9. The van der Waals surface area contributed by atoms with Gasteiger partial charge in [0, 0.05) is 113 Å². The summed E-state index contributed by atoms with van der Waals surface area (Å²) < 4.78 is 6.01. The predicted molar refractivity (Wildman–Crippen MR) is 223 cm³/mol. The first-order chi connectivity index (χ1) is 28.0. The van der Waals surface area contributed by atoms with Gasteiger partial charge in [0.25, 0.3) is 5.91 Å². The van der Waals surface area contributed by atoms with Gasteiger partial charge in [-0.3, -0.25) is 24.5 Å². The number of carbonyl (C=O) groups is 2. The topological polar surface area (TPSA) is 132 Å². The molecule has 2 fully saturated rings. The number of benzene rings is 2. The molecule has 2 aromatic carbocycles. The molecule has 4 aromatic heterocycles. The molecule has 2 saturated heterocycles. The third-order valence-corrected chi connectivity index (χ3v) is 11.5. The third-order valence-electron chi connectivity index (χ3n) is 11.5. The zero-order valence-corrected chi connectivity index (χ0v) is 32.0. The van der Waals surface area contributed by atoms with Crippen molar-refractivity contribution >= 4 is 45.1 Å². The first kappa shape index (κ1) is 36.4. The molecule has 3 aliphatic rings. The Morgan fingerprint density at radius 2 is 1.77 bits per heavy atom. The molecular weight excluding hydrogens is 715 g/mol. The molecule has 12 nitrogen and oxygen atoms in total. The number of pyridine rings is 3. The number of ether oxygens (including phenoxy) is 1. The largest absolute Gasteiger partial charge is 0.492 e. The molecule has 9 rings (SSSR count). The number of nitrogens with zero attached hydrogens (tertiary/aromatic N) is 6. The average Bonchev–Trinajstić information content (AvgIpc) is 3.78. The number of aromatic amines is 1. The van der Waals surface area contributed by atoms with Gasteiger partial charge in [0.1, 0.15) is 17.6 Å². The number of allylic oxidation sites excluding steroid dienone is 1. The normalized spacial score (nSPS) is 17.3. The maximum absolute atomic E-state index is 13.2. The Morgan fingerprint density at radius 1 is 0.877 bits per heavy atom. The van der Waals surface area contributed by atoms with Crippen LogP contribution in [0.15, 0.2) is 104 Å². The SMILES string of the molecule is C=C1CCC(N2Cc3c(NCCCOc4ccc(N5CCN(CCCc6ccc(-c7ccc8c(c7)[nH]c7ccncc78)cn6)CC5)nc4)cccc3C2=O)C(=O)N1. The minimum Gasteiger partial charge on any atom is -0.492 e. The Kier molecular flexibility index (Phi) is 10.3. The smallest absolute Gasteiger partial charge is 0.255 e. The van der Waals surface area contributed by atoms with Crippen molar-refractivity contribution in [3.8, 4) is 16.9 Å². The van der Waals surface area contributed by atoms with E-state index < -0.39 is 6.04 Å². The summed E-state index contributed by atoms with van der Waals surface area (Å²) in [6, 6.07) is 22.2. The fourth-order valence-corrected chi connectivity index (χ4v) is 8.31. The number of piperidine rings is 1. The molecule has 7 heterocycles. The molecular formula is C45H47N9O3. The number of aryl methyl sites for hydroxylation is 1. The lowest BCUT2D eigenvalue weighted by Gasteiger charge is -2.35. The lowest BCUT2D eigenvalue weighted by Crippen LogP contribution is -2.49. The van der Waals surface area contributed by atoms with E-state index in [1.54, 1.807) is 4.90 Å². The Bertz CT molecular complexity index is 2420. The molecule has 3 aliphatic heterocycles. The van der Waals surface area contributed by atoms with Crippen LogP contribution < -0.4 is 20.3 Å². The van der Waals surface area contributed by atoms with Crippen molar-refractivity contribution in [1.29, 1.82) is 0 Å². The van der Waals surface area contributed by atoms with Crippen molar-refractivity contribution in [2.45, 2.75) is 44.7 Å². The van der Waals surface area contributed by atoms with Crippen molar-refractivity contribution in [2.24, 2.45) is 0 Å². The van der Waals surface area contributed by atoms with Crippen molar-refractivity contribution < 1.29 is 14.3 Å². The Morgan fingerprint density at radius 3 is 2.60 bits per heavy atom. The number of anilines is 2. The van der Waals surface area contributed by atoms with Gasteiger partial charge in [0.2, 0.25) is 5.91 Å².